The van der Waals surface area contributed by atoms with Crippen LogP contribution in [0.15, 0.2) is 24.8 Å². The molecule has 0 saturated carbocycles. The van der Waals surface area contributed by atoms with Gasteiger partial charge in [-0.05, 0) is 13.3 Å². The minimum absolute atomic E-state index is 0.254. The Morgan fingerprint density at radius 1 is 1.38 bits per heavy atom. The second-order valence-corrected chi connectivity index (χ2v) is 8.11. The quantitative estimate of drug-likeness (QED) is 0.663. The lowest BCUT2D eigenvalue weighted by Crippen LogP contribution is -2.55. The van der Waals surface area contributed by atoms with Gasteiger partial charge in [0, 0.05) is 49.4 Å². The van der Waals surface area contributed by atoms with Gasteiger partial charge in [-0.3, -0.25) is 9.58 Å². The monoisotopic (exact) mass is 418 g/mol. The maximum atomic E-state index is 14.9. The number of nitrogens with zero attached hydrogens (tertiary/aromatic N) is 4. The third-order valence-corrected chi connectivity index (χ3v) is 6.23. The fourth-order valence-corrected chi connectivity index (χ4v) is 4.51. The molecule has 0 unspecified atom stereocenters. The van der Waals surface area contributed by atoms with Gasteiger partial charge in [0.25, 0.3) is 0 Å². The van der Waals surface area contributed by atoms with Crippen molar-refractivity contribution in [1.82, 2.24) is 24.6 Å². The number of ether oxygens (including phenoxy) is 1. The minimum Gasteiger partial charge on any atom is -0.384 e. The molecule has 0 bridgehead atoms. The summed E-state index contributed by atoms with van der Waals surface area (Å²) in [6.45, 7) is 5.51. The van der Waals surface area contributed by atoms with E-state index in [4.69, 9.17) is 16.3 Å². The highest BCUT2D eigenvalue weighted by atomic mass is 35.5. The lowest BCUT2D eigenvalue weighted by Gasteiger charge is -2.42. The molecule has 154 valence electrons. The molecule has 3 aromatic rings. The van der Waals surface area contributed by atoms with Gasteiger partial charge in [-0.1, -0.05) is 11.6 Å². The Morgan fingerprint density at radius 3 is 2.97 bits per heavy atom. The Morgan fingerprint density at radius 2 is 2.24 bits per heavy atom. The number of pyridine rings is 1. The molecule has 0 amide bonds. The summed E-state index contributed by atoms with van der Waals surface area (Å²) in [7, 11) is 0. The highest BCUT2D eigenvalue weighted by Crippen LogP contribution is 2.38. The first kappa shape index (κ1) is 18.8. The van der Waals surface area contributed by atoms with Gasteiger partial charge in [-0.15, -0.1) is 0 Å². The van der Waals surface area contributed by atoms with Crippen molar-refractivity contribution in [3.05, 3.63) is 29.8 Å². The van der Waals surface area contributed by atoms with Gasteiger partial charge in [0.15, 0.2) is 0 Å². The zero-order valence-corrected chi connectivity index (χ0v) is 17.0. The Hall–Kier alpha value is -2.16. The Labute approximate surface area is 173 Å². The maximum Gasteiger partial charge on any atom is 0.140 e. The molecule has 3 aromatic heterocycles. The van der Waals surface area contributed by atoms with Crippen molar-refractivity contribution in [1.29, 1.82) is 0 Å². The molecule has 2 fully saturated rings. The van der Waals surface area contributed by atoms with Crippen LogP contribution in [0.1, 0.15) is 19.4 Å². The first-order valence-corrected chi connectivity index (χ1v) is 10.4. The number of anilines is 1. The first-order valence-electron chi connectivity index (χ1n) is 10.1. The molecule has 29 heavy (non-hydrogen) atoms. The molecule has 0 radical (unpaired) electrons. The number of nitrogens with one attached hydrogen (secondary N) is 2. The number of alkyl halides is 1. The smallest absolute Gasteiger partial charge is 0.140 e. The van der Waals surface area contributed by atoms with Crippen LogP contribution < -0.4 is 5.32 Å². The molecule has 7 nitrogen and oxygen atoms in total. The molecule has 2 aliphatic heterocycles. The van der Waals surface area contributed by atoms with Gasteiger partial charge >= 0.3 is 0 Å². The van der Waals surface area contributed by atoms with Gasteiger partial charge in [-0.25, -0.2) is 9.37 Å². The summed E-state index contributed by atoms with van der Waals surface area (Å²) in [4.78, 5) is 9.78. The maximum absolute atomic E-state index is 14.9. The molecule has 2 aliphatic rings. The van der Waals surface area contributed by atoms with Crippen LogP contribution in [-0.2, 0) is 4.74 Å². The Kier molecular flexibility index (Phi) is 4.93. The topological polar surface area (TPSA) is 71.0 Å². The zero-order valence-electron chi connectivity index (χ0n) is 16.2. The van der Waals surface area contributed by atoms with E-state index < -0.39 is 6.17 Å². The highest BCUT2D eigenvalue weighted by Gasteiger charge is 2.36. The fraction of sp³-hybridized carbons (Fsp3) is 0.500. The summed E-state index contributed by atoms with van der Waals surface area (Å²) in [5.74, 6) is 0. The fourth-order valence-electron chi connectivity index (χ4n) is 4.27. The summed E-state index contributed by atoms with van der Waals surface area (Å²) in [6.07, 6.45) is 7.03. The summed E-state index contributed by atoms with van der Waals surface area (Å²) in [5, 5.41) is 9.38. The molecular formula is C20H24ClFN6O. The molecule has 2 N–H and O–H groups in total. The number of H-pyrrole nitrogens is 1. The molecule has 0 aliphatic carbocycles. The van der Waals surface area contributed by atoms with E-state index in [0.717, 1.165) is 47.4 Å². The molecule has 5 rings (SSSR count). The van der Waals surface area contributed by atoms with Crippen LogP contribution in [0.5, 0.6) is 0 Å². The normalized spacial score (nSPS) is 23.4. The molecule has 2 atom stereocenters. The largest absolute Gasteiger partial charge is 0.384 e. The average molecular weight is 419 g/mol. The molecular weight excluding hydrogens is 395 g/mol. The highest BCUT2D eigenvalue weighted by molar-refractivity contribution is 6.36. The number of likely N-dealkylation sites (tertiary alicyclic amines) is 1. The summed E-state index contributed by atoms with van der Waals surface area (Å²) < 4.78 is 22.0. The van der Waals surface area contributed by atoms with Gasteiger partial charge in [-0.2, -0.15) is 5.10 Å². The molecule has 9 heteroatoms. The van der Waals surface area contributed by atoms with Crippen molar-refractivity contribution in [2.45, 2.75) is 31.6 Å². The molecule has 5 heterocycles. The van der Waals surface area contributed by atoms with Crippen LogP contribution in [0.3, 0.4) is 0 Å². The van der Waals surface area contributed by atoms with Crippen LogP contribution >= 0.6 is 11.6 Å². The van der Waals surface area contributed by atoms with Crippen LogP contribution in [0.25, 0.3) is 22.2 Å². The second-order valence-electron chi connectivity index (χ2n) is 7.70. The van der Waals surface area contributed by atoms with E-state index in [9.17, 15) is 4.39 Å². The van der Waals surface area contributed by atoms with E-state index in [1.54, 1.807) is 23.3 Å². The standard InChI is InChI=1S/C20H24ClFN6O/c1-2-23-19-14(6-24-20-18(19)15(21)7-25-20)12-5-26-28(8-12)17-3-4-27(9-16(17)22)13-10-29-11-13/h5-8,13,16-17H,2-4,9-11H2,1H3,(H2,23,24,25)/t16-,17-/m0/s1. The van der Waals surface area contributed by atoms with E-state index in [0.29, 0.717) is 30.8 Å². The number of halogens is 2. The predicted octanol–water partition coefficient (Wildman–Crippen LogP) is 3.50. The lowest BCUT2D eigenvalue weighted by atomic mass is 10.0. The van der Waals surface area contributed by atoms with Crippen LogP contribution in [0.2, 0.25) is 5.02 Å². The number of rotatable bonds is 5. The van der Waals surface area contributed by atoms with Gasteiger partial charge in [0.05, 0.1) is 47.6 Å². The molecule has 2 saturated heterocycles. The number of piperidine rings is 1. The summed E-state index contributed by atoms with van der Waals surface area (Å²) in [5.41, 5.74) is 3.46. The average Bonchev–Trinajstić information content (AvgIpc) is 3.28. The van der Waals surface area contributed by atoms with Crippen molar-refractivity contribution in [2.24, 2.45) is 0 Å². The van der Waals surface area contributed by atoms with Crippen molar-refractivity contribution in [3.8, 4) is 11.1 Å². The van der Waals surface area contributed by atoms with Gasteiger partial charge in [0.2, 0.25) is 0 Å². The predicted molar refractivity (Wildman–Crippen MR) is 111 cm³/mol. The van der Waals surface area contributed by atoms with Gasteiger partial charge < -0.3 is 15.0 Å². The Balaban J connectivity index is 1.43. The first-order chi connectivity index (χ1) is 14.2. The number of fused-ring (bicyclic) bond motifs is 1. The van der Waals surface area contributed by atoms with Crippen LogP contribution in [0, 0.1) is 0 Å². The van der Waals surface area contributed by atoms with E-state index in [1.165, 1.54) is 0 Å². The summed E-state index contributed by atoms with van der Waals surface area (Å²) in [6, 6.07) is 0.116. The number of hydrogen-bond acceptors (Lipinski definition) is 5. The van der Waals surface area contributed by atoms with Crippen LogP contribution in [-0.4, -0.2) is 69.7 Å². The number of aromatic amines is 1. The number of aromatic nitrogens is 4. The summed E-state index contributed by atoms with van der Waals surface area (Å²) >= 11 is 6.38. The van der Waals surface area contributed by atoms with E-state index >= 15 is 0 Å². The third kappa shape index (κ3) is 3.29. The van der Waals surface area contributed by atoms with Crippen LogP contribution in [0.4, 0.5) is 10.1 Å². The molecule has 0 aromatic carbocycles. The minimum atomic E-state index is -0.954. The SMILES string of the molecule is CCNc1c(-c2cnn([C@H]3CCN(C4COC4)C[C@@H]3F)c2)cnc2[nH]cc(Cl)c12. The van der Waals surface area contributed by atoms with E-state index in [1.807, 2.05) is 13.1 Å². The van der Waals surface area contributed by atoms with Crippen molar-refractivity contribution in [3.63, 3.8) is 0 Å². The van der Waals surface area contributed by atoms with Crippen molar-refractivity contribution < 1.29 is 9.13 Å². The van der Waals surface area contributed by atoms with Crippen molar-refractivity contribution in [2.75, 3.05) is 38.2 Å². The third-order valence-electron chi connectivity index (χ3n) is 5.93. The molecule has 0 spiro atoms. The second kappa shape index (κ2) is 7.59. The van der Waals surface area contributed by atoms with Gasteiger partial charge in [0.1, 0.15) is 11.8 Å². The lowest BCUT2D eigenvalue weighted by molar-refractivity contribution is -0.0847. The zero-order chi connectivity index (χ0) is 20.0. The number of hydrogen-bond donors (Lipinski definition) is 2. The van der Waals surface area contributed by atoms with E-state index in [2.05, 4.69) is 25.3 Å². The van der Waals surface area contributed by atoms with E-state index in [-0.39, 0.29) is 6.04 Å². The van der Waals surface area contributed by atoms with Crippen molar-refractivity contribution >= 4 is 28.3 Å². The Bertz CT molecular complexity index is 1020.